The number of nitrogens with one attached hydrogen (secondary N) is 2. The van der Waals surface area contributed by atoms with Gasteiger partial charge in [0, 0.05) is 62.3 Å². The lowest BCUT2D eigenvalue weighted by Gasteiger charge is -2.49. The van der Waals surface area contributed by atoms with Gasteiger partial charge in [0.15, 0.2) is 11.3 Å². The summed E-state index contributed by atoms with van der Waals surface area (Å²) in [5.74, 6) is -1.84. The third-order valence-corrected chi connectivity index (χ3v) is 12.2. The van der Waals surface area contributed by atoms with Gasteiger partial charge in [0.2, 0.25) is 11.8 Å². The Bertz CT molecular complexity index is 2430. The second-order valence-corrected chi connectivity index (χ2v) is 16.3. The molecule has 0 radical (unpaired) electrons. The minimum absolute atomic E-state index is 0.0327. The Hall–Kier alpha value is -6.23. The van der Waals surface area contributed by atoms with Crippen LogP contribution in [0.2, 0.25) is 0 Å². The van der Waals surface area contributed by atoms with Gasteiger partial charge in [-0.1, -0.05) is 0 Å². The number of hydrogen-bond acceptors (Lipinski definition) is 11. The number of alkyl halides is 1. The maximum atomic E-state index is 16.1. The van der Waals surface area contributed by atoms with Crippen LogP contribution in [0.25, 0.3) is 5.65 Å². The molecule has 1 saturated carbocycles. The second kappa shape index (κ2) is 13.7. The highest BCUT2D eigenvalue weighted by Crippen LogP contribution is 2.39. The molecular weight excluding hydrogens is 750 g/mol. The number of ether oxygens (including phenoxy) is 1. The summed E-state index contributed by atoms with van der Waals surface area (Å²) in [6.45, 7) is 2.59. The number of fused-ring (bicyclic) bond motifs is 3. The molecule has 2 N–H and O–H groups in total. The number of amides is 6. The first-order valence-corrected chi connectivity index (χ1v) is 19.7. The second-order valence-electron chi connectivity index (χ2n) is 16.3. The van der Waals surface area contributed by atoms with Crippen LogP contribution in [-0.4, -0.2) is 122 Å². The molecule has 0 spiro atoms. The summed E-state index contributed by atoms with van der Waals surface area (Å²) in [7, 11) is 0. The van der Waals surface area contributed by atoms with Gasteiger partial charge in [-0.05, 0) is 80.0 Å². The predicted octanol–water partition coefficient (Wildman–Crippen LogP) is 2.82. The summed E-state index contributed by atoms with van der Waals surface area (Å²) in [4.78, 5) is 88.7. The maximum absolute atomic E-state index is 16.1. The average molecular weight is 790 g/mol. The first-order valence-electron chi connectivity index (χ1n) is 19.7. The Morgan fingerprint density at radius 3 is 2.52 bits per heavy atom. The van der Waals surface area contributed by atoms with E-state index in [0.717, 1.165) is 23.3 Å². The minimum atomic E-state index is -1.48. The number of rotatable bonds is 10. The average Bonchev–Trinajstić information content (AvgIpc) is 3.77. The van der Waals surface area contributed by atoms with Crippen molar-refractivity contribution in [2.75, 3.05) is 49.5 Å². The number of nitrogens with zero attached hydrogens (tertiary/aromatic N) is 7. The van der Waals surface area contributed by atoms with E-state index in [2.05, 4.69) is 25.6 Å². The molecule has 0 bridgehead atoms. The fourth-order valence-electron chi connectivity index (χ4n) is 8.91. The number of carbonyl (C=O) groups excluding carboxylic acids is 6. The number of hydrogen-bond donors (Lipinski definition) is 2. The Kier molecular flexibility index (Phi) is 8.54. The van der Waals surface area contributed by atoms with Gasteiger partial charge in [-0.2, -0.15) is 5.10 Å². The Labute approximate surface area is 331 Å². The van der Waals surface area contributed by atoms with E-state index in [1.807, 2.05) is 15.9 Å². The molecular formula is C41H40FN9O7. The summed E-state index contributed by atoms with van der Waals surface area (Å²) in [5.41, 5.74) is 2.07. The Morgan fingerprint density at radius 2 is 1.74 bits per heavy atom. The topological polar surface area (TPSA) is 179 Å². The molecule has 4 aromatic rings. The van der Waals surface area contributed by atoms with Crippen LogP contribution in [0.1, 0.15) is 85.5 Å². The van der Waals surface area contributed by atoms with Crippen LogP contribution in [0, 0.1) is 5.92 Å². The SMILES string of the molecule is O=C1CCC(N2C(=O)c3ccc(N4CC(F)(CN5CCC(N6Cc7cc(NC(=O)c8cnn9cccnc89)c(OCC8CC8)cc7C6=O)CC5)C4)cc3C2=O)C(=O)N1. The smallest absolute Gasteiger partial charge is 0.262 e. The van der Waals surface area contributed by atoms with Gasteiger partial charge in [0.05, 0.1) is 42.7 Å². The van der Waals surface area contributed by atoms with Gasteiger partial charge in [0.1, 0.15) is 17.4 Å². The number of imide groups is 2. The summed E-state index contributed by atoms with van der Waals surface area (Å²) in [6, 6.07) is 9.03. The van der Waals surface area contributed by atoms with Gasteiger partial charge in [-0.15, -0.1) is 0 Å². The Balaban J connectivity index is 0.757. The van der Waals surface area contributed by atoms with Crippen LogP contribution in [0.15, 0.2) is 55.0 Å². The van der Waals surface area contributed by atoms with Gasteiger partial charge >= 0.3 is 0 Å². The molecule has 3 saturated heterocycles. The third kappa shape index (κ3) is 6.33. The van der Waals surface area contributed by atoms with Crippen LogP contribution in [0.3, 0.4) is 0 Å². The van der Waals surface area contributed by atoms with E-state index in [9.17, 15) is 28.8 Å². The summed E-state index contributed by atoms with van der Waals surface area (Å²) in [6.07, 6.45) is 8.43. The quantitative estimate of drug-likeness (QED) is 0.226. The van der Waals surface area contributed by atoms with Crippen molar-refractivity contribution in [3.63, 3.8) is 0 Å². The van der Waals surface area contributed by atoms with E-state index < -0.39 is 35.3 Å². The number of halogens is 1. The number of piperidine rings is 2. The molecule has 58 heavy (non-hydrogen) atoms. The molecule has 2 aromatic carbocycles. The molecule has 1 unspecified atom stereocenters. The molecule has 298 valence electrons. The van der Waals surface area contributed by atoms with Gasteiger partial charge < -0.3 is 19.9 Å². The molecule has 10 rings (SSSR count). The van der Waals surface area contributed by atoms with Crippen molar-refractivity contribution in [3.05, 3.63) is 82.8 Å². The maximum Gasteiger partial charge on any atom is 0.262 e. The van der Waals surface area contributed by atoms with Crippen LogP contribution in [0.5, 0.6) is 5.75 Å². The molecule has 2 aromatic heterocycles. The number of likely N-dealkylation sites (tertiary alicyclic amines) is 1. The largest absolute Gasteiger partial charge is 0.491 e. The zero-order chi connectivity index (χ0) is 39.9. The van der Waals surface area contributed by atoms with E-state index in [-0.39, 0.29) is 61.5 Å². The van der Waals surface area contributed by atoms with Crippen LogP contribution >= 0.6 is 0 Å². The van der Waals surface area contributed by atoms with E-state index >= 15 is 4.39 Å². The fraction of sp³-hybridized carbons (Fsp3) is 0.415. The normalized spacial score (nSPS) is 22.0. The molecule has 6 aliphatic rings. The lowest BCUT2D eigenvalue weighted by Crippen LogP contribution is -2.64. The molecule has 16 nitrogen and oxygen atoms in total. The van der Waals surface area contributed by atoms with Crippen molar-refractivity contribution < 1.29 is 37.9 Å². The molecule has 4 fully saturated rings. The molecule has 6 amide bonds. The van der Waals surface area contributed by atoms with Crippen molar-refractivity contribution >= 4 is 52.5 Å². The summed E-state index contributed by atoms with van der Waals surface area (Å²) < 4.78 is 23.8. The molecule has 7 heterocycles. The zero-order valence-electron chi connectivity index (χ0n) is 31.5. The van der Waals surface area contributed by atoms with Crippen molar-refractivity contribution in [3.8, 4) is 5.75 Å². The summed E-state index contributed by atoms with van der Waals surface area (Å²) >= 11 is 0. The monoisotopic (exact) mass is 789 g/mol. The number of carbonyl (C=O) groups is 6. The van der Waals surface area contributed by atoms with E-state index in [1.165, 1.54) is 16.8 Å². The number of anilines is 2. The van der Waals surface area contributed by atoms with E-state index in [0.29, 0.717) is 78.9 Å². The highest BCUT2D eigenvalue weighted by atomic mass is 19.1. The van der Waals surface area contributed by atoms with E-state index in [4.69, 9.17) is 4.74 Å². The lowest BCUT2D eigenvalue weighted by molar-refractivity contribution is -0.136. The summed E-state index contributed by atoms with van der Waals surface area (Å²) in [5, 5.41) is 9.41. The molecule has 5 aliphatic heterocycles. The van der Waals surface area contributed by atoms with Crippen molar-refractivity contribution in [1.82, 2.24) is 34.6 Å². The van der Waals surface area contributed by atoms with Crippen molar-refractivity contribution in [1.29, 1.82) is 0 Å². The highest BCUT2D eigenvalue weighted by molar-refractivity contribution is 6.23. The predicted molar refractivity (Wildman–Crippen MR) is 204 cm³/mol. The highest BCUT2D eigenvalue weighted by Gasteiger charge is 2.48. The third-order valence-electron chi connectivity index (χ3n) is 12.2. The Morgan fingerprint density at radius 1 is 0.948 bits per heavy atom. The molecule has 1 atom stereocenters. The first-order chi connectivity index (χ1) is 28.0. The van der Waals surface area contributed by atoms with Crippen LogP contribution in [0.4, 0.5) is 15.8 Å². The standard InChI is InChI=1S/C41H40FN9O7/c42-41(21-48(22-41)26-4-5-27-29(15-26)40(57)51(39(27)56)32-6-7-34(52)46-37(32)54)20-47-12-8-25(9-13-47)49-18-24-14-31(33(16-28(24)38(49)55)58-19-23-2-3-23)45-36(53)30-17-44-50-11-1-10-43-35(30)50/h1,4-5,10-11,14-17,23,25,32H,2-3,6-9,12-13,18-22H2,(H,45,53)(H,46,52,54). The fourth-order valence-corrected chi connectivity index (χ4v) is 8.91. The molecule has 1 aliphatic carbocycles. The molecule has 17 heteroatoms. The number of benzene rings is 2. The van der Waals surface area contributed by atoms with Crippen molar-refractivity contribution in [2.45, 2.75) is 62.8 Å². The van der Waals surface area contributed by atoms with E-state index in [1.54, 1.807) is 36.7 Å². The lowest BCUT2D eigenvalue weighted by atomic mass is 9.92. The number of aromatic nitrogens is 3. The minimum Gasteiger partial charge on any atom is -0.491 e. The zero-order valence-corrected chi connectivity index (χ0v) is 31.5. The van der Waals surface area contributed by atoms with Crippen molar-refractivity contribution in [2.24, 2.45) is 5.92 Å². The van der Waals surface area contributed by atoms with Gasteiger partial charge in [0.25, 0.3) is 23.6 Å². The van der Waals surface area contributed by atoms with Gasteiger partial charge in [-0.25, -0.2) is 13.9 Å². The first kappa shape index (κ1) is 36.1. The van der Waals surface area contributed by atoms with Crippen LogP contribution < -0.4 is 20.3 Å². The van der Waals surface area contributed by atoms with Crippen LogP contribution in [-0.2, 0) is 16.1 Å². The van der Waals surface area contributed by atoms with Gasteiger partial charge in [-0.3, -0.25) is 43.9 Å².